The molecule has 0 atom stereocenters. The van der Waals surface area contributed by atoms with Crippen LogP contribution in [0.4, 0.5) is 0 Å². The third-order valence-electron chi connectivity index (χ3n) is 4.10. The van der Waals surface area contributed by atoms with E-state index in [9.17, 15) is 15.0 Å². The molecule has 0 saturated carbocycles. The Morgan fingerprint density at radius 3 is 2.33 bits per heavy atom. The van der Waals surface area contributed by atoms with Crippen LogP contribution in [0.3, 0.4) is 0 Å². The molecule has 0 aliphatic carbocycles. The molecule has 2 N–H and O–H groups in total. The zero-order chi connectivity index (χ0) is 20.0. The highest BCUT2D eigenvalue weighted by Gasteiger charge is 2.22. The van der Waals surface area contributed by atoms with Gasteiger partial charge < -0.3 is 19.7 Å². The number of rotatable bonds is 6. The van der Waals surface area contributed by atoms with E-state index in [-0.39, 0.29) is 17.1 Å². The number of allylic oxidation sites excluding steroid dienone is 2. The minimum atomic E-state index is -0.648. The van der Waals surface area contributed by atoms with E-state index in [1.54, 1.807) is 42.5 Å². The van der Waals surface area contributed by atoms with Crippen molar-refractivity contribution in [3.63, 3.8) is 0 Å². The van der Waals surface area contributed by atoms with Crippen molar-refractivity contribution in [3.05, 3.63) is 64.2 Å². The minimum Gasteiger partial charge on any atom is -0.507 e. The summed E-state index contributed by atoms with van der Waals surface area (Å²) in [6.07, 6.45) is 5.65. The van der Waals surface area contributed by atoms with E-state index in [0.29, 0.717) is 28.9 Å². The molecular weight excluding hydrogens is 344 g/mol. The second-order valence-electron chi connectivity index (χ2n) is 6.24. The first-order valence-electron chi connectivity index (χ1n) is 8.49. The Bertz CT molecular complexity index is 890. The second-order valence-corrected chi connectivity index (χ2v) is 6.24. The van der Waals surface area contributed by atoms with Crippen molar-refractivity contribution >= 4 is 18.1 Å². The zero-order valence-electron chi connectivity index (χ0n) is 15.9. The SMILES string of the molecule is COC(=O)c1c(/C=C/c2ccccc2O)cc(OC)c(CC=C(C)C)c1O. The van der Waals surface area contributed by atoms with E-state index in [1.165, 1.54) is 14.2 Å². The average Bonchev–Trinajstić information content (AvgIpc) is 2.65. The molecule has 0 fully saturated rings. The molecule has 0 spiro atoms. The molecule has 142 valence electrons. The van der Waals surface area contributed by atoms with Crippen LogP contribution in [0.2, 0.25) is 0 Å². The molecule has 2 aromatic rings. The van der Waals surface area contributed by atoms with Gasteiger partial charge in [-0.2, -0.15) is 0 Å². The van der Waals surface area contributed by atoms with Crippen molar-refractivity contribution in [2.75, 3.05) is 14.2 Å². The number of methoxy groups -OCH3 is 2. The fourth-order valence-electron chi connectivity index (χ4n) is 2.65. The lowest BCUT2D eigenvalue weighted by atomic mass is 9.97. The van der Waals surface area contributed by atoms with Crippen LogP contribution in [-0.2, 0) is 11.2 Å². The summed E-state index contributed by atoms with van der Waals surface area (Å²) in [6.45, 7) is 3.91. The Morgan fingerprint density at radius 2 is 1.74 bits per heavy atom. The molecule has 5 nitrogen and oxygen atoms in total. The van der Waals surface area contributed by atoms with Crippen molar-refractivity contribution in [3.8, 4) is 17.2 Å². The molecule has 2 aromatic carbocycles. The molecule has 0 aliphatic heterocycles. The van der Waals surface area contributed by atoms with Crippen LogP contribution in [0.5, 0.6) is 17.2 Å². The Morgan fingerprint density at radius 1 is 1.07 bits per heavy atom. The number of hydrogen-bond acceptors (Lipinski definition) is 5. The molecule has 5 heteroatoms. The molecule has 0 aliphatic rings. The van der Waals surface area contributed by atoms with E-state index in [1.807, 2.05) is 19.9 Å². The summed E-state index contributed by atoms with van der Waals surface area (Å²) in [5, 5.41) is 20.7. The number of ether oxygens (including phenoxy) is 2. The van der Waals surface area contributed by atoms with Gasteiger partial charge in [-0.15, -0.1) is 0 Å². The molecular formula is C22H24O5. The Labute approximate surface area is 159 Å². The fraction of sp³-hybridized carbons (Fsp3) is 0.227. The number of phenols is 2. The highest BCUT2D eigenvalue weighted by atomic mass is 16.5. The van der Waals surface area contributed by atoms with Gasteiger partial charge in [-0.1, -0.05) is 42.0 Å². The van der Waals surface area contributed by atoms with E-state index in [2.05, 4.69) is 0 Å². The largest absolute Gasteiger partial charge is 0.507 e. The Hall–Kier alpha value is -3.21. The fourth-order valence-corrected chi connectivity index (χ4v) is 2.65. The lowest BCUT2D eigenvalue weighted by Crippen LogP contribution is -2.07. The van der Waals surface area contributed by atoms with Crippen molar-refractivity contribution < 1.29 is 24.5 Å². The maximum atomic E-state index is 12.3. The maximum absolute atomic E-state index is 12.3. The van der Waals surface area contributed by atoms with Crippen LogP contribution in [0, 0.1) is 0 Å². The molecule has 0 bridgehead atoms. The topological polar surface area (TPSA) is 76.0 Å². The lowest BCUT2D eigenvalue weighted by molar-refractivity contribution is 0.0597. The summed E-state index contributed by atoms with van der Waals surface area (Å²) >= 11 is 0. The van der Waals surface area contributed by atoms with Crippen molar-refractivity contribution in [1.82, 2.24) is 0 Å². The first kappa shape index (κ1) is 20.1. The molecule has 0 aromatic heterocycles. The summed E-state index contributed by atoms with van der Waals surface area (Å²) in [5.41, 5.74) is 2.67. The zero-order valence-corrected chi connectivity index (χ0v) is 15.9. The number of benzene rings is 2. The van der Waals surface area contributed by atoms with Gasteiger partial charge >= 0.3 is 5.97 Å². The maximum Gasteiger partial charge on any atom is 0.342 e. The van der Waals surface area contributed by atoms with Gasteiger partial charge in [0.1, 0.15) is 22.8 Å². The predicted molar refractivity (Wildman–Crippen MR) is 106 cm³/mol. The van der Waals surface area contributed by atoms with Gasteiger partial charge in [0.25, 0.3) is 0 Å². The van der Waals surface area contributed by atoms with Crippen molar-refractivity contribution in [2.45, 2.75) is 20.3 Å². The number of hydrogen-bond donors (Lipinski definition) is 2. The van der Waals surface area contributed by atoms with Crippen LogP contribution >= 0.6 is 0 Å². The molecule has 27 heavy (non-hydrogen) atoms. The van der Waals surface area contributed by atoms with Gasteiger partial charge in [0.2, 0.25) is 0 Å². The van der Waals surface area contributed by atoms with Crippen LogP contribution in [0.15, 0.2) is 42.0 Å². The van der Waals surface area contributed by atoms with E-state index >= 15 is 0 Å². The Balaban J connectivity index is 2.62. The van der Waals surface area contributed by atoms with Gasteiger partial charge in [0, 0.05) is 11.1 Å². The molecule has 0 amide bonds. The van der Waals surface area contributed by atoms with E-state index < -0.39 is 5.97 Å². The number of para-hydroxylation sites is 1. The molecule has 0 radical (unpaired) electrons. The standard InChI is InChI=1S/C22H24O5/c1-14(2)9-12-17-19(26-3)13-16(20(21(17)24)22(25)27-4)11-10-15-7-5-6-8-18(15)23/h5-11,13,23-24H,12H2,1-4H3/b11-10+. The van der Waals surface area contributed by atoms with Gasteiger partial charge in [-0.25, -0.2) is 4.79 Å². The smallest absolute Gasteiger partial charge is 0.342 e. The molecule has 0 saturated heterocycles. The first-order chi connectivity index (χ1) is 12.9. The van der Waals surface area contributed by atoms with Gasteiger partial charge in [0.05, 0.1) is 14.2 Å². The van der Waals surface area contributed by atoms with E-state index in [0.717, 1.165) is 5.57 Å². The summed E-state index contributed by atoms with van der Waals surface area (Å²) in [5.74, 6) is -0.236. The highest BCUT2D eigenvalue weighted by molar-refractivity contribution is 5.98. The molecule has 0 unspecified atom stereocenters. The number of aromatic hydroxyl groups is 2. The molecule has 2 rings (SSSR count). The predicted octanol–water partition coefficient (Wildman–Crippen LogP) is 4.57. The van der Waals surface area contributed by atoms with Gasteiger partial charge in [0.15, 0.2) is 0 Å². The van der Waals surface area contributed by atoms with E-state index in [4.69, 9.17) is 9.47 Å². The minimum absolute atomic E-state index is 0.0575. The third kappa shape index (κ3) is 4.70. The summed E-state index contributed by atoms with van der Waals surface area (Å²) < 4.78 is 10.3. The summed E-state index contributed by atoms with van der Waals surface area (Å²) in [7, 11) is 2.77. The highest BCUT2D eigenvalue weighted by Crippen LogP contribution is 2.36. The Kier molecular flexibility index (Phi) is 6.66. The third-order valence-corrected chi connectivity index (χ3v) is 4.10. The second kappa shape index (κ2) is 8.94. The van der Waals surface area contributed by atoms with Crippen LogP contribution in [-0.4, -0.2) is 30.4 Å². The normalized spacial score (nSPS) is 10.7. The van der Waals surface area contributed by atoms with Crippen LogP contribution in [0.25, 0.3) is 12.2 Å². The van der Waals surface area contributed by atoms with Gasteiger partial charge in [-0.3, -0.25) is 0 Å². The number of esters is 1. The summed E-state index contributed by atoms with van der Waals surface area (Å²) in [6, 6.07) is 8.50. The van der Waals surface area contributed by atoms with Gasteiger partial charge in [-0.05, 0) is 38.0 Å². The first-order valence-corrected chi connectivity index (χ1v) is 8.49. The summed E-state index contributed by atoms with van der Waals surface area (Å²) in [4.78, 5) is 12.3. The number of carbonyl (C=O) groups is 1. The average molecular weight is 368 g/mol. The lowest BCUT2D eigenvalue weighted by Gasteiger charge is -2.15. The monoisotopic (exact) mass is 368 g/mol. The van der Waals surface area contributed by atoms with Crippen molar-refractivity contribution in [2.24, 2.45) is 0 Å². The number of phenolic OH excluding ortho intramolecular Hbond substituents is 2. The molecule has 0 heterocycles. The van der Waals surface area contributed by atoms with Crippen LogP contribution in [0.1, 0.15) is 40.9 Å². The van der Waals surface area contributed by atoms with Crippen LogP contribution < -0.4 is 4.74 Å². The quantitative estimate of drug-likeness (QED) is 0.444. The van der Waals surface area contributed by atoms with Crippen molar-refractivity contribution in [1.29, 1.82) is 0 Å². The number of carbonyl (C=O) groups excluding carboxylic acids is 1.